The zero-order valence-corrected chi connectivity index (χ0v) is 11.5. The van der Waals surface area contributed by atoms with Crippen molar-refractivity contribution in [3.63, 3.8) is 0 Å². The number of rotatable bonds is 4. The van der Waals surface area contributed by atoms with Crippen LogP contribution in [-0.4, -0.2) is 38.2 Å². The summed E-state index contributed by atoms with van der Waals surface area (Å²) in [4.78, 5) is 14.3. The predicted octanol–water partition coefficient (Wildman–Crippen LogP) is 1.66. The van der Waals surface area contributed by atoms with Crippen LogP contribution < -0.4 is 5.73 Å². The van der Waals surface area contributed by atoms with Crippen LogP contribution in [0, 0.1) is 0 Å². The average molecular weight is 268 g/mol. The van der Waals surface area contributed by atoms with Gasteiger partial charge >= 0.3 is 0 Å². The Morgan fingerprint density at radius 2 is 2.22 bits per heavy atom. The van der Waals surface area contributed by atoms with Gasteiger partial charge in [-0.1, -0.05) is 6.92 Å². The smallest absolute Gasteiger partial charge is 0.275 e. The molecule has 0 aliphatic heterocycles. The molecule has 0 spiro atoms. The molecular weight excluding hydrogens is 248 g/mol. The quantitative estimate of drug-likeness (QED) is 0.901. The first-order valence-corrected chi connectivity index (χ1v) is 7.29. The fraction of sp³-hybridized carbons (Fsp3) is 0.750. The van der Waals surface area contributed by atoms with Gasteiger partial charge in [-0.2, -0.15) is 8.75 Å². The van der Waals surface area contributed by atoms with Crippen LogP contribution in [0.4, 0.5) is 0 Å². The number of hydrogen-bond donors (Lipinski definition) is 1. The van der Waals surface area contributed by atoms with Crippen molar-refractivity contribution in [2.24, 2.45) is 5.73 Å². The van der Waals surface area contributed by atoms with Gasteiger partial charge in [0.1, 0.15) is 0 Å². The summed E-state index contributed by atoms with van der Waals surface area (Å²) in [6.07, 6.45) is 6.55. The molecule has 1 aliphatic rings. The average Bonchev–Trinajstić information content (AvgIpc) is 2.90. The number of hydrogen-bond acceptors (Lipinski definition) is 5. The molecule has 2 rings (SSSR count). The maximum absolute atomic E-state index is 12.4. The number of carbonyl (C=O) groups is 1. The molecule has 0 atom stereocenters. The van der Waals surface area contributed by atoms with Crippen LogP contribution in [0.15, 0.2) is 6.20 Å². The molecule has 0 aromatic carbocycles. The van der Waals surface area contributed by atoms with E-state index in [1.54, 1.807) is 6.20 Å². The van der Waals surface area contributed by atoms with E-state index in [4.69, 9.17) is 5.73 Å². The molecule has 18 heavy (non-hydrogen) atoms. The number of carbonyl (C=O) groups excluding carboxylic acids is 1. The summed E-state index contributed by atoms with van der Waals surface area (Å²) in [5.74, 6) is 0.0195. The molecule has 0 saturated heterocycles. The predicted molar refractivity (Wildman–Crippen MR) is 71.5 cm³/mol. The molecule has 1 aromatic heterocycles. The molecule has 100 valence electrons. The number of amides is 1. The van der Waals surface area contributed by atoms with Crippen molar-refractivity contribution < 1.29 is 4.79 Å². The number of nitrogens with two attached hydrogens (primary N) is 1. The first kappa shape index (κ1) is 13.4. The van der Waals surface area contributed by atoms with Crippen LogP contribution >= 0.6 is 11.7 Å². The van der Waals surface area contributed by atoms with E-state index >= 15 is 0 Å². The van der Waals surface area contributed by atoms with Crippen molar-refractivity contribution in [2.75, 3.05) is 6.54 Å². The molecule has 1 aliphatic carbocycles. The Morgan fingerprint density at radius 1 is 1.50 bits per heavy atom. The van der Waals surface area contributed by atoms with Crippen LogP contribution in [0.25, 0.3) is 0 Å². The van der Waals surface area contributed by atoms with Gasteiger partial charge in [-0.3, -0.25) is 4.79 Å². The van der Waals surface area contributed by atoms with E-state index in [0.717, 1.165) is 50.4 Å². The molecule has 0 radical (unpaired) electrons. The van der Waals surface area contributed by atoms with Gasteiger partial charge in [-0.25, -0.2) is 0 Å². The molecule has 6 heteroatoms. The molecule has 1 fully saturated rings. The van der Waals surface area contributed by atoms with Gasteiger partial charge in [0.25, 0.3) is 5.91 Å². The maximum Gasteiger partial charge on any atom is 0.275 e. The lowest BCUT2D eigenvalue weighted by atomic mass is 9.90. The minimum Gasteiger partial charge on any atom is -0.334 e. The summed E-state index contributed by atoms with van der Waals surface area (Å²) in [5, 5.41) is 0. The standard InChI is InChI=1S/C12H20N4OS/c1-2-7-16(10-5-3-9(13)4-6-10)12(17)11-8-14-18-15-11/h8-10H,2-7,13H2,1H3. The molecule has 0 bridgehead atoms. The second-order valence-electron chi connectivity index (χ2n) is 4.86. The van der Waals surface area contributed by atoms with Gasteiger partial charge in [-0.15, -0.1) is 0 Å². The molecule has 0 unspecified atom stereocenters. The summed E-state index contributed by atoms with van der Waals surface area (Å²) < 4.78 is 7.95. The van der Waals surface area contributed by atoms with Crippen LogP contribution in [0.3, 0.4) is 0 Å². The summed E-state index contributed by atoms with van der Waals surface area (Å²) in [7, 11) is 0. The molecule has 1 heterocycles. The van der Waals surface area contributed by atoms with Crippen LogP contribution in [0.5, 0.6) is 0 Å². The van der Waals surface area contributed by atoms with E-state index in [9.17, 15) is 4.79 Å². The largest absolute Gasteiger partial charge is 0.334 e. The Balaban J connectivity index is 2.05. The van der Waals surface area contributed by atoms with Gasteiger partial charge in [0, 0.05) is 18.6 Å². The molecule has 1 aromatic rings. The van der Waals surface area contributed by atoms with E-state index in [1.165, 1.54) is 0 Å². The highest BCUT2D eigenvalue weighted by Crippen LogP contribution is 2.23. The van der Waals surface area contributed by atoms with Crippen LogP contribution in [0.1, 0.15) is 49.5 Å². The SMILES string of the molecule is CCCN(C(=O)c1cnsn1)C1CCC(N)CC1. The third kappa shape index (κ3) is 3.05. The second kappa shape index (κ2) is 6.24. The topological polar surface area (TPSA) is 72.1 Å². The zero-order valence-electron chi connectivity index (χ0n) is 10.7. The van der Waals surface area contributed by atoms with Gasteiger partial charge in [0.2, 0.25) is 0 Å². The first-order chi connectivity index (χ1) is 8.72. The summed E-state index contributed by atoms with van der Waals surface area (Å²) >= 11 is 1.08. The van der Waals surface area contributed by atoms with E-state index in [-0.39, 0.29) is 5.91 Å². The highest BCUT2D eigenvalue weighted by Gasteiger charge is 2.28. The van der Waals surface area contributed by atoms with E-state index in [0.29, 0.717) is 17.8 Å². The monoisotopic (exact) mass is 268 g/mol. The van der Waals surface area contributed by atoms with E-state index in [1.807, 2.05) is 4.90 Å². The normalized spacial score (nSPS) is 23.9. The lowest BCUT2D eigenvalue weighted by Crippen LogP contribution is -2.44. The van der Waals surface area contributed by atoms with Crippen molar-refractivity contribution in [2.45, 2.75) is 51.1 Å². The Hall–Kier alpha value is -1.01. The third-order valence-electron chi connectivity index (χ3n) is 3.49. The summed E-state index contributed by atoms with van der Waals surface area (Å²) in [6.45, 7) is 2.88. The Kier molecular flexibility index (Phi) is 4.66. The molecule has 1 saturated carbocycles. The Labute approximate surface area is 112 Å². The van der Waals surface area contributed by atoms with Crippen molar-refractivity contribution >= 4 is 17.6 Å². The zero-order chi connectivity index (χ0) is 13.0. The van der Waals surface area contributed by atoms with Crippen molar-refractivity contribution in [3.8, 4) is 0 Å². The van der Waals surface area contributed by atoms with E-state index < -0.39 is 0 Å². The fourth-order valence-corrected chi connectivity index (χ4v) is 2.92. The first-order valence-electron chi connectivity index (χ1n) is 6.56. The second-order valence-corrected chi connectivity index (χ2v) is 5.42. The van der Waals surface area contributed by atoms with Crippen molar-refractivity contribution in [1.29, 1.82) is 0 Å². The van der Waals surface area contributed by atoms with Gasteiger partial charge in [0.15, 0.2) is 5.69 Å². The Bertz CT molecular complexity index is 373. The van der Waals surface area contributed by atoms with Gasteiger partial charge in [-0.05, 0) is 32.1 Å². The third-order valence-corrected chi connectivity index (χ3v) is 3.97. The maximum atomic E-state index is 12.4. The highest BCUT2D eigenvalue weighted by molar-refractivity contribution is 6.99. The Morgan fingerprint density at radius 3 is 2.78 bits per heavy atom. The number of aromatic nitrogens is 2. The van der Waals surface area contributed by atoms with Gasteiger partial charge < -0.3 is 10.6 Å². The summed E-state index contributed by atoms with van der Waals surface area (Å²) in [5.41, 5.74) is 6.39. The summed E-state index contributed by atoms with van der Waals surface area (Å²) in [6, 6.07) is 0.625. The van der Waals surface area contributed by atoms with E-state index in [2.05, 4.69) is 15.7 Å². The number of nitrogens with zero attached hydrogens (tertiary/aromatic N) is 3. The minimum absolute atomic E-state index is 0.0195. The molecule has 2 N–H and O–H groups in total. The lowest BCUT2D eigenvalue weighted by molar-refractivity contribution is 0.0622. The van der Waals surface area contributed by atoms with Crippen molar-refractivity contribution in [1.82, 2.24) is 13.6 Å². The lowest BCUT2D eigenvalue weighted by Gasteiger charge is -2.35. The van der Waals surface area contributed by atoms with Crippen LogP contribution in [0.2, 0.25) is 0 Å². The minimum atomic E-state index is 0.0195. The van der Waals surface area contributed by atoms with Crippen molar-refractivity contribution in [3.05, 3.63) is 11.9 Å². The fourth-order valence-electron chi connectivity index (χ4n) is 2.51. The van der Waals surface area contributed by atoms with Crippen LogP contribution in [-0.2, 0) is 0 Å². The molecule has 5 nitrogen and oxygen atoms in total. The van der Waals surface area contributed by atoms with Gasteiger partial charge in [0.05, 0.1) is 17.9 Å². The molecular formula is C12H20N4OS. The molecule has 1 amide bonds. The highest BCUT2D eigenvalue weighted by atomic mass is 32.1.